The third-order valence-corrected chi connectivity index (χ3v) is 5.86. The van der Waals surface area contributed by atoms with Crippen LogP contribution in [0.1, 0.15) is 38.7 Å². The van der Waals surface area contributed by atoms with Gasteiger partial charge in [-0.1, -0.05) is 32.0 Å². The van der Waals surface area contributed by atoms with Gasteiger partial charge in [0.05, 0.1) is 4.90 Å². The van der Waals surface area contributed by atoms with Crippen LogP contribution >= 0.6 is 0 Å². The van der Waals surface area contributed by atoms with Gasteiger partial charge in [0.15, 0.2) is 0 Å². The Hall–Kier alpha value is -0.910. The standard InChI is InChI=1S/C16H26N2O2S/c1-13(2)10-11-18(15-8-9-15)21(19,20)16-7-5-4-6-14(16)12-17-3/h4-7,13,15,17H,8-12H2,1-3H3. The van der Waals surface area contributed by atoms with E-state index in [0.29, 0.717) is 23.9 Å². The summed E-state index contributed by atoms with van der Waals surface area (Å²) in [6, 6.07) is 7.52. The maximum atomic E-state index is 13.0. The first-order chi connectivity index (χ1) is 9.96. The summed E-state index contributed by atoms with van der Waals surface area (Å²) in [5.41, 5.74) is 0.843. The highest BCUT2D eigenvalue weighted by Crippen LogP contribution is 2.33. The van der Waals surface area contributed by atoms with Crippen molar-refractivity contribution in [1.29, 1.82) is 0 Å². The molecule has 0 aromatic heterocycles. The highest BCUT2D eigenvalue weighted by molar-refractivity contribution is 7.89. The molecule has 0 atom stereocenters. The van der Waals surface area contributed by atoms with Crippen molar-refractivity contribution >= 4 is 10.0 Å². The van der Waals surface area contributed by atoms with E-state index >= 15 is 0 Å². The second kappa shape index (κ2) is 6.90. The van der Waals surface area contributed by atoms with Gasteiger partial charge in [-0.2, -0.15) is 4.31 Å². The second-order valence-corrected chi connectivity index (χ2v) is 8.03. The predicted molar refractivity (Wildman–Crippen MR) is 85.6 cm³/mol. The molecule has 5 heteroatoms. The molecule has 0 spiro atoms. The van der Waals surface area contributed by atoms with Crippen LogP contribution in [0.2, 0.25) is 0 Å². The molecule has 1 aliphatic rings. The molecule has 0 aliphatic heterocycles. The molecule has 1 saturated carbocycles. The minimum absolute atomic E-state index is 0.205. The van der Waals surface area contributed by atoms with Crippen molar-refractivity contribution in [2.24, 2.45) is 5.92 Å². The van der Waals surface area contributed by atoms with E-state index in [0.717, 1.165) is 24.8 Å². The van der Waals surface area contributed by atoms with Crippen molar-refractivity contribution < 1.29 is 8.42 Å². The molecular formula is C16H26N2O2S. The zero-order valence-electron chi connectivity index (χ0n) is 13.2. The molecule has 118 valence electrons. The Morgan fingerprint density at radius 2 is 1.95 bits per heavy atom. The first-order valence-electron chi connectivity index (χ1n) is 7.71. The molecule has 0 radical (unpaired) electrons. The molecular weight excluding hydrogens is 284 g/mol. The maximum absolute atomic E-state index is 13.0. The first kappa shape index (κ1) is 16.5. The van der Waals surface area contributed by atoms with Crippen LogP contribution in [0.25, 0.3) is 0 Å². The Labute approximate surface area is 128 Å². The van der Waals surface area contributed by atoms with Gasteiger partial charge in [0, 0.05) is 19.1 Å². The summed E-state index contributed by atoms with van der Waals surface area (Å²) in [6.07, 6.45) is 2.89. The molecule has 1 aromatic rings. The fourth-order valence-corrected chi connectivity index (χ4v) is 4.39. The summed E-state index contributed by atoms with van der Waals surface area (Å²) in [6.45, 7) is 5.45. The first-order valence-corrected chi connectivity index (χ1v) is 9.15. The van der Waals surface area contributed by atoms with Crippen molar-refractivity contribution in [2.45, 2.75) is 50.6 Å². The van der Waals surface area contributed by atoms with Crippen LogP contribution < -0.4 is 5.32 Å². The molecule has 0 bridgehead atoms. The maximum Gasteiger partial charge on any atom is 0.243 e. The molecule has 0 amide bonds. The van der Waals surface area contributed by atoms with Gasteiger partial charge < -0.3 is 5.32 Å². The number of nitrogens with one attached hydrogen (secondary N) is 1. The lowest BCUT2D eigenvalue weighted by Gasteiger charge is -2.24. The smallest absolute Gasteiger partial charge is 0.243 e. The molecule has 0 heterocycles. The zero-order chi connectivity index (χ0) is 15.5. The average molecular weight is 310 g/mol. The molecule has 21 heavy (non-hydrogen) atoms. The summed E-state index contributed by atoms with van der Waals surface area (Å²) >= 11 is 0. The van der Waals surface area contributed by atoms with Crippen LogP contribution in [-0.2, 0) is 16.6 Å². The van der Waals surface area contributed by atoms with E-state index in [-0.39, 0.29) is 6.04 Å². The van der Waals surface area contributed by atoms with E-state index < -0.39 is 10.0 Å². The zero-order valence-corrected chi connectivity index (χ0v) is 14.0. The van der Waals surface area contributed by atoms with Crippen molar-refractivity contribution in [2.75, 3.05) is 13.6 Å². The van der Waals surface area contributed by atoms with Crippen molar-refractivity contribution in [3.63, 3.8) is 0 Å². The number of rotatable bonds is 8. The minimum atomic E-state index is -3.39. The Bertz CT molecular complexity index is 565. The molecule has 0 saturated heterocycles. The third kappa shape index (κ3) is 4.05. The number of benzene rings is 1. The van der Waals surface area contributed by atoms with E-state index in [1.807, 2.05) is 19.2 Å². The third-order valence-electron chi connectivity index (χ3n) is 3.81. The fraction of sp³-hybridized carbons (Fsp3) is 0.625. The molecule has 1 fully saturated rings. The van der Waals surface area contributed by atoms with Crippen LogP contribution in [0.3, 0.4) is 0 Å². The molecule has 1 N–H and O–H groups in total. The van der Waals surface area contributed by atoms with Crippen LogP contribution in [0.5, 0.6) is 0 Å². The van der Waals surface area contributed by atoms with E-state index in [4.69, 9.17) is 0 Å². The summed E-state index contributed by atoms with van der Waals surface area (Å²) in [5, 5.41) is 3.05. The summed E-state index contributed by atoms with van der Waals surface area (Å²) < 4.78 is 27.8. The van der Waals surface area contributed by atoms with Crippen molar-refractivity contribution in [1.82, 2.24) is 9.62 Å². The van der Waals surface area contributed by atoms with Gasteiger partial charge in [0.25, 0.3) is 0 Å². The van der Waals surface area contributed by atoms with Gasteiger partial charge in [-0.15, -0.1) is 0 Å². The lowest BCUT2D eigenvalue weighted by molar-refractivity contribution is 0.373. The highest BCUT2D eigenvalue weighted by Gasteiger charge is 2.38. The lowest BCUT2D eigenvalue weighted by Crippen LogP contribution is -2.35. The Kier molecular flexibility index (Phi) is 5.41. The van der Waals surface area contributed by atoms with E-state index in [1.165, 1.54) is 0 Å². The average Bonchev–Trinajstić information content (AvgIpc) is 3.24. The molecule has 2 rings (SSSR count). The predicted octanol–water partition coefficient (Wildman–Crippen LogP) is 2.61. The second-order valence-electron chi connectivity index (χ2n) is 6.17. The van der Waals surface area contributed by atoms with Gasteiger partial charge in [0.1, 0.15) is 0 Å². The quantitative estimate of drug-likeness (QED) is 0.803. The molecule has 4 nitrogen and oxygen atoms in total. The summed E-state index contributed by atoms with van der Waals surface area (Å²) in [4.78, 5) is 0.454. The minimum Gasteiger partial charge on any atom is -0.316 e. The number of hydrogen-bond donors (Lipinski definition) is 1. The topological polar surface area (TPSA) is 49.4 Å². The van der Waals surface area contributed by atoms with Crippen molar-refractivity contribution in [3.05, 3.63) is 29.8 Å². The van der Waals surface area contributed by atoms with E-state index in [1.54, 1.807) is 16.4 Å². The van der Waals surface area contributed by atoms with Gasteiger partial charge >= 0.3 is 0 Å². The van der Waals surface area contributed by atoms with E-state index in [9.17, 15) is 8.42 Å². The fourth-order valence-electron chi connectivity index (χ4n) is 2.47. The van der Waals surface area contributed by atoms with Gasteiger partial charge in [-0.05, 0) is 43.9 Å². The number of hydrogen-bond acceptors (Lipinski definition) is 3. The number of sulfonamides is 1. The van der Waals surface area contributed by atoms with E-state index in [2.05, 4.69) is 19.2 Å². The largest absolute Gasteiger partial charge is 0.316 e. The Balaban J connectivity index is 2.30. The Morgan fingerprint density at radius 3 is 2.52 bits per heavy atom. The summed E-state index contributed by atoms with van der Waals surface area (Å²) in [7, 11) is -1.56. The summed E-state index contributed by atoms with van der Waals surface area (Å²) in [5.74, 6) is 0.508. The van der Waals surface area contributed by atoms with Crippen molar-refractivity contribution in [3.8, 4) is 0 Å². The van der Waals surface area contributed by atoms with Gasteiger partial charge in [-0.25, -0.2) is 8.42 Å². The Morgan fingerprint density at radius 1 is 1.29 bits per heavy atom. The van der Waals surface area contributed by atoms with Gasteiger partial charge in [-0.3, -0.25) is 0 Å². The van der Waals surface area contributed by atoms with Crippen LogP contribution in [-0.4, -0.2) is 32.4 Å². The SMILES string of the molecule is CNCc1ccccc1S(=O)(=O)N(CCC(C)C)C1CC1. The highest BCUT2D eigenvalue weighted by atomic mass is 32.2. The monoisotopic (exact) mass is 310 g/mol. The van der Waals surface area contributed by atoms with Crippen LogP contribution in [0.15, 0.2) is 29.2 Å². The number of nitrogens with zero attached hydrogens (tertiary/aromatic N) is 1. The van der Waals surface area contributed by atoms with Crippen LogP contribution in [0.4, 0.5) is 0 Å². The molecule has 1 aliphatic carbocycles. The van der Waals surface area contributed by atoms with Gasteiger partial charge in [0.2, 0.25) is 10.0 Å². The normalized spacial score (nSPS) is 15.9. The molecule has 1 aromatic carbocycles. The van der Waals surface area contributed by atoms with Crippen LogP contribution in [0, 0.1) is 5.92 Å². The molecule has 0 unspecified atom stereocenters. The lowest BCUT2D eigenvalue weighted by atomic mass is 10.1.